The van der Waals surface area contributed by atoms with Crippen molar-refractivity contribution in [3.63, 3.8) is 0 Å². The van der Waals surface area contributed by atoms with Crippen LogP contribution in [0.5, 0.6) is 17.2 Å². The Bertz CT molecular complexity index is 1150. The monoisotopic (exact) mass is 493 g/mol. The number of piperazine rings is 1. The molecule has 1 aromatic carbocycles. The minimum absolute atomic E-state index is 0.533. The summed E-state index contributed by atoms with van der Waals surface area (Å²) in [6.07, 6.45) is 13.8. The number of hydrogen-bond donors (Lipinski definition) is 0. The van der Waals surface area contributed by atoms with E-state index in [9.17, 15) is 0 Å². The molecule has 0 amide bonds. The van der Waals surface area contributed by atoms with E-state index in [0.717, 1.165) is 22.8 Å². The van der Waals surface area contributed by atoms with E-state index in [2.05, 4.69) is 34.3 Å². The molecule has 0 radical (unpaired) electrons. The highest BCUT2D eigenvalue weighted by Crippen LogP contribution is 2.42. The number of aromatic nitrogens is 3. The van der Waals surface area contributed by atoms with Crippen molar-refractivity contribution in [3.8, 4) is 28.4 Å². The maximum absolute atomic E-state index is 5.55. The number of methoxy groups -OCH3 is 3. The lowest BCUT2D eigenvalue weighted by Crippen LogP contribution is -2.49. The van der Waals surface area contributed by atoms with Gasteiger partial charge in [-0.25, -0.2) is 9.50 Å². The van der Waals surface area contributed by atoms with E-state index in [4.69, 9.17) is 19.2 Å². The fourth-order valence-electron chi connectivity index (χ4n) is 5.88. The predicted octanol–water partition coefficient (Wildman–Crippen LogP) is 4.48. The quantitative estimate of drug-likeness (QED) is 0.502. The molecule has 194 valence electrons. The van der Waals surface area contributed by atoms with Gasteiger partial charge < -0.3 is 19.1 Å². The van der Waals surface area contributed by atoms with Crippen LogP contribution in [-0.2, 0) is 0 Å². The zero-order valence-electron chi connectivity index (χ0n) is 22.1. The molecule has 0 N–H and O–H groups in total. The molecule has 3 heterocycles. The molecule has 1 aliphatic heterocycles. The first-order valence-electron chi connectivity index (χ1n) is 13.2. The van der Waals surface area contributed by atoms with Gasteiger partial charge in [0.25, 0.3) is 0 Å². The van der Waals surface area contributed by atoms with Crippen molar-refractivity contribution in [3.05, 3.63) is 36.3 Å². The molecule has 2 atom stereocenters. The van der Waals surface area contributed by atoms with E-state index in [0.29, 0.717) is 23.2 Å². The Morgan fingerprint density at radius 2 is 1.56 bits per heavy atom. The summed E-state index contributed by atoms with van der Waals surface area (Å²) in [4.78, 5) is 10.1. The Balaban J connectivity index is 1.36. The molecule has 2 unspecified atom stereocenters. The summed E-state index contributed by atoms with van der Waals surface area (Å²) in [5.41, 5.74) is 3.99. The third-order valence-electron chi connectivity index (χ3n) is 8.07. The van der Waals surface area contributed by atoms with Crippen molar-refractivity contribution in [1.82, 2.24) is 24.4 Å². The lowest BCUT2D eigenvalue weighted by Gasteiger charge is -2.39. The average Bonchev–Trinajstić information content (AvgIpc) is 3.32. The van der Waals surface area contributed by atoms with E-state index in [1.165, 1.54) is 70.3 Å². The topological polar surface area (TPSA) is 64.4 Å². The highest BCUT2D eigenvalue weighted by Gasteiger charge is 2.26. The molecule has 0 bridgehead atoms. The maximum atomic E-state index is 5.55. The van der Waals surface area contributed by atoms with Gasteiger partial charge >= 0.3 is 0 Å². The number of benzene rings is 1. The first-order chi connectivity index (χ1) is 17.6. The van der Waals surface area contributed by atoms with Crippen LogP contribution in [0.3, 0.4) is 0 Å². The summed E-state index contributed by atoms with van der Waals surface area (Å²) >= 11 is 0. The average molecular weight is 494 g/mol. The highest BCUT2D eigenvalue weighted by atomic mass is 16.5. The molecule has 0 spiro atoms. The van der Waals surface area contributed by atoms with E-state index in [1.54, 1.807) is 21.3 Å². The van der Waals surface area contributed by atoms with Crippen LogP contribution in [0.25, 0.3) is 16.8 Å². The van der Waals surface area contributed by atoms with Gasteiger partial charge in [0.1, 0.15) is 0 Å². The van der Waals surface area contributed by atoms with Crippen LogP contribution < -0.4 is 14.2 Å². The van der Waals surface area contributed by atoms with Crippen LogP contribution >= 0.6 is 0 Å². The summed E-state index contributed by atoms with van der Waals surface area (Å²) < 4.78 is 18.5. The molecule has 36 heavy (non-hydrogen) atoms. The first kappa shape index (κ1) is 24.8. The normalized spacial score (nSPS) is 22.2. The predicted molar refractivity (Wildman–Crippen MR) is 141 cm³/mol. The second-order valence-corrected chi connectivity index (χ2v) is 10.2. The lowest BCUT2D eigenvalue weighted by molar-refractivity contribution is 0.0952. The molecule has 2 aromatic heterocycles. The highest BCUT2D eigenvalue weighted by molar-refractivity contribution is 5.80. The molecule has 8 nitrogen and oxygen atoms in total. The standard InChI is InChI=1S/C28H39N5O3/c1-31-11-13-32(14-12-31)23-8-6-5-7-20(9-10-23)22-17-29-28-24(18-30-33(28)19-22)21-15-25(34-2)27(36-4)26(16-21)35-3/h15-20,23H,5-14H2,1-4H3. The molecular weight excluding hydrogens is 454 g/mol. The lowest BCUT2D eigenvalue weighted by atomic mass is 9.85. The summed E-state index contributed by atoms with van der Waals surface area (Å²) in [6.45, 7) is 4.79. The van der Waals surface area contributed by atoms with Crippen molar-refractivity contribution >= 4 is 5.65 Å². The number of rotatable bonds is 6. The smallest absolute Gasteiger partial charge is 0.203 e. The molecule has 1 saturated heterocycles. The van der Waals surface area contributed by atoms with Gasteiger partial charge in [0.05, 0.1) is 27.5 Å². The van der Waals surface area contributed by atoms with Gasteiger partial charge in [0, 0.05) is 50.2 Å². The largest absolute Gasteiger partial charge is 0.493 e. The molecule has 8 heteroatoms. The molecule has 3 aromatic rings. The van der Waals surface area contributed by atoms with Crippen LogP contribution in [0, 0.1) is 0 Å². The number of hydrogen-bond acceptors (Lipinski definition) is 7. The Morgan fingerprint density at radius 3 is 2.25 bits per heavy atom. The molecule has 2 fully saturated rings. The van der Waals surface area contributed by atoms with Gasteiger partial charge in [-0.2, -0.15) is 5.10 Å². The minimum atomic E-state index is 0.533. The van der Waals surface area contributed by atoms with Crippen molar-refractivity contribution in [2.45, 2.75) is 50.5 Å². The third-order valence-corrected chi connectivity index (χ3v) is 8.07. The van der Waals surface area contributed by atoms with Crippen molar-refractivity contribution in [2.75, 3.05) is 54.6 Å². The zero-order chi connectivity index (χ0) is 25.1. The number of nitrogens with zero attached hydrogens (tertiary/aromatic N) is 5. The van der Waals surface area contributed by atoms with Crippen LogP contribution in [-0.4, -0.2) is 85.0 Å². The van der Waals surface area contributed by atoms with Gasteiger partial charge in [-0.1, -0.05) is 12.8 Å². The maximum Gasteiger partial charge on any atom is 0.203 e. The van der Waals surface area contributed by atoms with Crippen molar-refractivity contribution in [2.24, 2.45) is 0 Å². The Kier molecular flexibility index (Phi) is 7.62. The summed E-state index contributed by atoms with van der Waals surface area (Å²) in [6, 6.07) is 4.61. The number of ether oxygens (including phenoxy) is 3. The fourth-order valence-corrected chi connectivity index (χ4v) is 5.88. The fraction of sp³-hybridized carbons (Fsp3) is 0.571. The minimum Gasteiger partial charge on any atom is -0.493 e. The SMILES string of the molecule is COc1cc(-c2cnn3cc(C4CCCCC(N5CCN(C)CC5)CC4)cnc23)cc(OC)c1OC. The van der Waals surface area contributed by atoms with Gasteiger partial charge in [-0.05, 0) is 61.9 Å². The van der Waals surface area contributed by atoms with Gasteiger partial charge in [-0.3, -0.25) is 4.90 Å². The molecule has 2 aliphatic rings. The molecular formula is C28H39N5O3. The van der Waals surface area contributed by atoms with Crippen molar-refractivity contribution < 1.29 is 14.2 Å². The van der Waals surface area contributed by atoms with Gasteiger partial charge in [-0.15, -0.1) is 0 Å². The van der Waals surface area contributed by atoms with E-state index in [-0.39, 0.29) is 0 Å². The number of fused-ring (bicyclic) bond motifs is 1. The third kappa shape index (κ3) is 5.02. The molecule has 1 saturated carbocycles. The van der Waals surface area contributed by atoms with E-state index < -0.39 is 0 Å². The van der Waals surface area contributed by atoms with Crippen molar-refractivity contribution in [1.29, 1.82) is 0 Å². The summed E-state index contributed by atoms with van der Waals surface area (Å²) in [5.74, 6) is 2.35. The molecule has 1 aliphatic carbocycles. The first-order valence-corrected chi connectivity index (χ1v) is 13.2. The van der Waals surface area contributed by atoms with E-state index >= 15 is 0 Å². The van der Waals surface area contributed by atoms with Gasteiger partial charge in [0.2, 0.25) is 5.75 Å². The van der Waals surface area contributed by atoms with Crippen LogP contribution in [0.4, 0.5) is 0 Å². The zero-order valence-corrected chi connectivity index (χ0v) is 22.1. The Hall–Kier alpha value is -2.84. The van der Waals surface area contributed by atoms with Crippen LogP contribution in [0.15, 0.2) is 30.7 Å². The second-order valence-electron chi connectivity index (χ2n) is 10.2. The van der Waals surface area contributed by atoms with Gasteiger partial charge in [0.15, 0.2) is 17.1 Å². The Labute approximate surface area is 214 Å². The van der Waals surface area contributed by atoms with E-state index in [1.807, 2.05) is 22.8 Å². The molecule has 5 rings (SSSR count). The summed E-state index contributed by atoms with van der Waals surface area (Å²) in [5, 5.41) is 4.67. The van der Waals surface area contributed by atoms with Crippen LogP contribution in [0.2, 0.25) is 0 Å². The Morgan fingerprint density at radius 1 is 0.833 bits per heavy atom. The second kappa shape index (κ2) is 11.0. The summed E-state index contributed by atoms with van der Waals surface area (Å²) in [7, 11) is 7.11. The number of likely N-dealkylation sites (N-methyl/N-ethyl adjacent to an activating group) is 1. The van der Waals surface area contributed by atoms with Crippen LogP contribution in [0.1, 0.15) is 50.0 Å².